The van der Waals surface area contributed by atoms with Gasteiger partial charge in [0.25, 0.3) is 5.91 Å². The molecule has 12 heavy (non-hydrogen) atoms. The van der Waals surface area contributed by atoms with E-state index in [0.29, 0.717) is 5.84 Å². The van der Waals surface area contributed by atoms with Crippen LogP contribution in [0.15, 0.2) is 9.98 Å². The molecule has 0 bridgehead atoms. The van der Waals surface area contributed by atoms with Crippen LogP contribution in [0.2, 0.25) is 0 Å². The number of aliphatic imine (C=N–C) groups is 2. The van der Waals surface area contributed by atoms with Gasteiger partial charge in [0, 0.05) is 13.3 Å². The highest BCUT2D eigenvalue weighted by Crippen LogP contribution is 2.03. The predicted octanol–water partition coefficient (Wildman–Crippen LogP) is -0.622. The van der Waals surface area contributed by atoms with Gasteiger partial charge in [0.15, 0.2) is 5.92 Å². The number of nitrogens with zero attached hydrogens (tertiary/aromatic N) is 2. The number of rotatable bonds is 1. The van der Waals surface area contributed by atoms with Crippen LogP contribution in [-0.4, -0.2) is 30.9 Å². The van der Waals surface area contributed by atoms with E-state index in [0.717, 1.165) is 0 Å². The minimum absolute atomic E-state index is 0.375. The molecule has 5 heteroatoms. The molecule has 0 radical (unpaired) electrons. The minimum Gasteiger partial charge on any atom is -0.358 e. The third-order valence-electron chi connectivity index (χ3n) is 1.48. The Morgan fingerprint density at radius 3 is 2.83 bits per heavy atom. The van der Waals surface area contributed by atoms with E-state index in [9.17, 15) is 9.59 Å². The van der Waals surface area contributed by atoms with Gasteiger partial charge in [-0.05, 0) is 6.92 Å². The van der Waals surface area contributed by atoms with E-state index in [1.807, 2.05) is 0 Å². The summed E-state index contributed by atoms with van der Waals surface area (Å²) < 4.78 is 0. The van der Waals surface area contributed by atoms with Gasteiger partial charge in [-0.1, -0.05) is 0 Å². The lowest BCUT2D eigenvalue weighted by molar-refractivity contribution is -0.130. The smallest absolute Gasteiger partial charge is 0.265 e. The van der Waals surface area contributed by atoms with Crippen molar-refractivity contribution in [3.8, 4) is 0 Å². The standard InChI is InChI=1S/C7H9N3O2/c1-4-9-3-5(6(11)8-2)7(12)10-4/h3,5H,1-2H3,(H,8,11). The fraction of sp³-hybridized carbons (Fsp3) is 0.429. The van der Waals surface area contributed by atoms with Gasteiger partial charge in [-0.15, -0.1) is 0 Å². The Kier molecular flexibility index (Phi) is 2.32. The van der Waals surface area contributed by atoms with Gasteiger partial charge in [-0.25, -0.2) is 4.99 Å². The average Bonchev–Trinajstić information content (AvgIpc) is 2.03. The van der Waals surface area contributed by atoms with Crippen molar-refractivity contribution in [2.75, 3.05) is 7.05 Å². The summed E-state index contributed by atoms with van der Waals surface area (Å²) in [6.07, 6.45) is 1.31. The normalized spacial score (nSPS) is 22.0. The molecule has 1 atom stereocenters. The molecular weight excluding hydrogens is 158 g/mol. The van der Waals surface area contributed by atoms with Crippen LogP contribution in [0.1, 0.15) is 6.92 Å². The van der Waals surface area contributed by atoms with E-state index in [-0.39, 0.29) is 5.91 Å². The maximum Gasteiger partial charge on any atom is 0.265 e. The lowest BCUT2D eigenvalue weighted by Crippen LogP contribution is -2.35. The second-order valence-corrected chi connectivity index (χ2v) is 2.37. The summed E-state index contributed by atoms with van der Waals surface area (Å²) >= 11 is 0. The van der Waals surface area contributed by atoms with Gasteiger partial charge >= 0.3 is 0 Å². The molecule has 5 nitrogen and oxygen atoms in total. The molecule has 0 fully saturated rings. The Balaban J connectivity index is 2.79. The van der Waals surface area contributed by atoms with Gasteiger partial charge in [0.2, 0.25) is 5.91 Å². The fourth-order valence-corrected chi connectivity index (χ4v) is 0.839. The fourth-order valence-electron chi connectivity index (χ4n) is 0.839. The first kappa shape index (κ1) is 8.58. The highest BCUT2D eigenvalue weighted by molar-refractivity contribution is 6.19. The van der Waals surface area contributed by atoms with Crippen LogP contribution in [0.5, 0.6) is 0 Å². The second kappa shape index (κ2) is 3.25. The Bertz CT molecular complexity index is 280. The van der Waals surface area contributed by atoms with E-state index in [4.69, 9.17) is 0 Å². The molecule has 0 saturated carbocycles. The first-order valence-electron chi connectivity index (χ1n) is 3.50. The molecular formula is C7H9N3O2. The summed E-state index contributed by atoms with van der Waals surface area (Å²) in [6.45, 7) is 1.61. The Morgan fingerprint density at radius 2 is 2.33 bits per heavy atom. The molecule has 0 aromatic heterocycles. The summed E-state index contributed by atoms with van der Waals surface area (Å²) in [5, 5.41) is 2.36. The van der Waals surface area contributed by atoms with E-state index >= 15 is 0 Å². The van der Waals surface area contributed by atoms with Crippen molar-refractivity contribution in [1.82, 2.24) is 5.32 Å². The number of amidine groups is 1. The summed E-state index contributed by atoms with van der Waals surface area (Å²) in [5.41, 5.74) is 0. The SMILES string of the molecule is CNC(=O)C1C=NC(C)=NC1=O. The molecule has 0 aliphatic carbocycles. The van der Waals surface area contributed by atoms with Crippen LogP contribution < -0.4 is 5.32 Å². The van der Waals surface area contributed by atoms with Crippen molar-refractivity contribution in [3.05, 3.63) is 0 Å². The molecule has 1 aliphatic rings. The zero-order valence-corrected chi connectivity index (χ0v) is 6.87. The molecule has 1 unspecified atom stereocenters. The Hall–Kier alpha value is -1.52. The lowest BCUT2D eigenvalue weighted by Gasteiger charge is -2.09. The zero-order valence-electron chi connectivity index (χ0n) is 6.87. The molecule has 1 rings (SSSR count). The summed E-state index contributed by atoms with van der Waals surface area (Å²) in [6, 6.07) is 0. The maximum atomic E-state index is 11.1. The van der Waals surface area contributed by atoms with Crippen molar-refractivity contribution < 1.29 is 9.59 Å². The van der Waals surface area contributed by atoms with Crippen molar-refractivity contribution in [2.24, 2.45) is 15.9 Å². The number of hydrogen-bond donors (Lipinski definition) is 1. The third-order valence-corrected chi connectivity index (χ3v) is 1.48. The van der Waals surface area contributed by atoms with Gasteiger partial charge < -0.3 is 5.32 Å². The largest absolute Gasteiger partial charge is 0.358 e. The van der Waals surface area contributed by atoms with Gasteiger partial charge in [-0.2, -0.15) is 4.99 Å². The van der Waals surface area contributed by atoms with E-state index in [1.54, 1.807) is 6.92 Å². The van der Waals surface area contributed by atoms with Crippen LogP contribution in [0.25, 0.3) is 0 Å². The topological polar surface area (TPSA) is 70.9 Å². The quantitative estimate of drug-likeness (QED) is 0.528. The monoisotopic (exact) mass is 167 g/mol. The third kappa shape index (κ3) is 1.55. The van der Waals surface area contributed by atoms with Crippen molar-refractivity contribution in [1.29, 1.82) is 0 Å². The molecule has 0 spiro atoms. The van der Waals surface area contributed by atoms with Crippen LogP contribution in [0, 0.1) is 5.92 Å². The Labute approximate surface area is 69.6 Å². The number of carbonyl (C=O) groups is 2. The zero-order chi connectivity index (χ0) is 9.14. The van der Waals surface area contributed by atoms with Crippen molar-refractivity contribution in [2.45, 2.75) is 6.92 Å². The van der Waals surface area contributed by atoms with E-state index < -0.39 is 11.8 Å². The molecule has 1 heterocycles. The number of carbonyl (C=O) groups excluding carboxylic acids is 2. The van der Waals surface area contributed by atoms with E-state index in [2.05, 4.69) is 15.3 Å². The predicted molar refractivity (Wildman–Crippen MR) is 44.2 cm³/mol. The number of hydrogen-bond acceptors (Lipinski definition) is 3. The highest BCUT2D eigenvalue weighted by atomic mass is 16.2. The maximum absolute atomic E-state index is 11.1. The molecule has 1 N–H and O–H groups in total. The van der Waals surface area contributed by atoms with Crippen LogP contribution >= 0.6 is 0 Å². The molecule has 0 saturated heterocycles. The first-order chi connectivity index (χ1) is 5.65. The van der Waals surface area contributed by atoms with Crippen LogP contribution in [0.3, 0.4) is 0 Å². The highest BCUT2D eigenvalue weighted by Gasteiger charge is 2.25. The van der Waals surface area contributed by atoms with Crippen LogP contribution in [0.4, 0.5) is 0 Å². The molecule has 64 valence electrons. The van der Waals surface area contributed by atoms with Crippen LogP contribution in [-0.2, 0) is 9.59 Å². The molecule has 2 amide bonds. The van der Waals surface area contributed by atoms with Gasteiger partial charge in [0.05, 0.1) is 0 Å². The summed E-state index contributed by atoms with van der Waals surface area (Å²) in [7, 11) is 1.47. The average molecular weight is 167 g/mol. The van der Waals surface area contributed by atoms with Crippen molar-refractivity contribution >= 4 is 23.9 Å². The molecule has 0 aromatic rings. The second-order valence-electron chi connectivity index (χ2n) is 2.37. The first-order valence-corrected chi connectivity index (χ1v) is 3.50. The van der Waals surface area contributed by atoms with E-state index in [1.165, 1.54) is 13.3 Å². The minimum atomic E-state index is -0.848. The number of nitrogens with one attached hydrogen (secondary N) is 1. The van der Waals surface area contributed by atoms with Gasteiger partial charge in [0.1, 0.15) is 5.84 Å². The lowest BCUT2D eigenvalue weighted by atomic mass is 10.1. The van der Waals surface area contributed by atoms with Crippen molar-refractivity contribution in [3.63, 3.8) is 0 Å². The number of amides is 2. The molecule has 1 aliphatic heterocycles. The van der Waals surface area contributed by atoms with Gasteiger partial charge in [-0.3, -0.25) is 9.59 Å². The summed E-state index contributed by atoms with van der Waals surface area (Å²) in [4.78, 5) is 29.4. The Morgan fingerprint density at radius 1 is 1.67 bits per heavy atom. The summed E-state index contributed by atoms with van der Waals surface area (Å²) in [5.74, 6) is -1.29. The molecule has 0 aromatic carbocycles.